The summed E-state index contributed by atoms with van der Waals surface area (Å²) in [6.45, 7) is 8.17. The van der Waals surface area contributed by atoms with Crippen LogP contribution in [0, 0.1) is 18.8 Å². The van der Waals surface area contributed by atoms with Crippen molar-refractivity contribution in [2.24, 2.45) is 18.9 Å². The Balaban J connectivity index is 1.52. The summed E-state index contributed by atoms with van der Waals surface area (Å²) in [6, 6.07) is 4.81. The van der Waals surface area contributed by atoms with Crippen molar-refractivity contribution in [1.82, 2.24) is 29.9 Å². The van der Waals surface area contributed by atoms with E-state index in [0.717, 1.165) is 42.6 Å². The molecule has 0 saturated heterocycles. The minimum Gasteiger partial charge on any atom is -0.339 e. The molecule has 1 aliphatic carbocycles. The molecule has 1 unspecified atom stereocenters. The summed E-state index contributed by atoms with van der Waals surface area (Å²) in [5, 5.41) is 14.5. The Kier molecular flexibility index (Phi) is 7.33. The van der Waals surface area contributed by atoms with E-state index in [9.17, 15) is 9.59 Å². The third kappa shape index (κ3) is 5.44. The van der Waals surface area contributed by atoms with E-state index >= 15 is 0 Å². The van der Waals surface area contributed by atoms with Crippen molar-refractivity contribution in [2.75, 3.05) is 5.32 Å². The number of nitrogens with zero attached hydrogens (tertiary/aromatic N) is 5. The fourth-order valence-corrected chi connectivity index (χ4v) is 4.88. The molecule has 9 nitrogen and oxygen atoms in total. The summed E-state index contributed by atoms with van der Waals surface area (Å²) in [4.78, 5) is 31.2. The van der Waals surface area contributed by atoms with Gasteiger partial charge in [-0.05, 0) is 69.2 Å². The molecule has 186 valence electrons. The summed E-state index contributed by atoms with van der Waals surface area (Å²) in [5.41, 5.74) is 3.81. The highest BCUT2D eigenvalue weighted by Gasteiger charge is 2.33. The van der Waals surface area contributed by atoms with Crippen molar-refractivity contribution in [2.45, 2.75) is 65.5 Å². The monoisotopic (exact) mass is 477 g/mol. The Labute approximate surface area is 206 Å². The van der Waals surface area contributed by atoms with Gasteiger partial charge >= 0.3 is 0 Å². The Morgan fingerprint density at radius 3 is 2.40 bits per heavy atom. The molecule has 2 amide bonds. The van der Waals surface area contributed by atoms with Crippen molar-refractivity contribution < 1.29 is 9.59 Å². The van der Waals surface area contributed by atoms with Crippen LogP contribution in [0.15, 0.2) is 36.8 Å². The van der Waals surface area contributed by atoms with Crippen LogP contribution in [0.2, 0.25) is 0 Å². The molecule has 2 N–H and O–H groups in total. The first-order valence-electron chi connectivity index (χ1n) is 12.3. The number of hydrogen-bond acceptors (Lipinski definition) is 5. The maximum atomic E-state index is 13.4. The minimum atomic E-state index is -0.635. The van der Waals surface area contributed by atoms with Crippen molar-refractivity contribution in [3.05, 3.63) is 48.0 Å². The average Bonchev–Trinajstić information content (AvgIpc) is 3.45. The lowest BCUT2D eigenvalue weighted by Crippen LogP contribution is -2.49. The van der Waals surface area contributed by atoms with Gasteiger partial charge < -0.3 is 10.6 Å². The van der Waals surface area contributed by atoms with Crippen molar-refractivity contribution in [1.29, 1.82) is 0 Å². The summed E-state index contributed by atoms with van der Waals surface area (Å²) >= 11 is 0. The maximum Gasteiger partial charge on any atom is 0.270 e. The third-order valence-corrected chi connectivity index (χ3v) is 6.89. The van der Waals surface area contributed by atoms with Gasteiger partial charge in [-0.2, -0.15) is 10.2 Å². The summed E-state index contributed by atoms with van der Waals surface area (Å²) in [5.74, 6) is 0.213. The highest BCUT2D eigenvalue weighted by molar-refractivity contribution is 6.00. The van der Waals surface area contributed by atoms with E-state index in [-0.39, 0.29) is 23.8 Å². The molecule has 3 aromatic heterocycles. The van der Waals surface area contributed by atoms with Gasteiger partial charge in [-0.15, -0.1) is 0 Å². The number of amides is 2. The molecule has 0 spiro atoms. The summed E-state index contributed by atoms with van der Waals surface area (Å²) < 4.78 is 3.46. The van der Waals surface area contributed by atoms with Gasteiger partial charge in [0.15, 0.2) is 0 Å². The number of aryl methyl sites for hydroxylation is 2. The van der Waals surface area contributed by atoms with Gasteiger partial charge in [-0.1, -0.05) is 19.8 Å². The van der Waals surface area contributed by atoms with Crippen LogP contribution >= 0.6 is 0 Å². The van der Waals surface area contributed by atoms with Gasteiger partial charge in [-0.3, -0.25) is 23.9 Å². The quantitative estimate of drug-likeness (QED) is 0.532. The van der Waals surface area contributed by atoms with E-state index in [1.165, 1.54) is 0 Å². The van der Waals surface area contributed by atoms with Gasteiger partial charge in [0, 0.05) is 19.3 Å². The van der Waals surface area contributed by atoms with Crippen LogP contribution in [-0.4, -0.2) is 42.4 Å². The summed E-state index contributed by atoms with van der Waals surface area (Å²) in [7, 11) is 1.88. The topological polar surface area (TPSA) is 107 Å². The molecule has 3 aromatic rings. The molecule has 0 bridgehead atoms. The second-order valence-corrected chi connectivity index (χ2v) is 9.95. The fraction of sp³-hybridized carbons (Fsp3) is 0.500. The standard InChI is InChI=1S/C26H35N7O2/c1-16(2)33-22(12-13-28-33)25(34)31-23(19-8-6-17(3)7-9-19)26(35)30-20-10-11-21(27-15-20)24-18(4)14-29-32(24)5/h10-17,19,23H,6-9H2,1-5H3,(H,30,35)(H,31,34). The van der Waals surface area contributed by atoms with Crippen LogP contribution < -0.4 is 10.6 Å². The molecule has 1 fully saturated rings. The number of carbonyl (C=O) groups is 2. The largest absolute Gasteiger partial charge is 0.339 e. The average molecular weight is 478 g/mol. The molecule has 35 heavy (non-hydrogen) atoms. The number of anilines is 1. The minimum absolute atomic E-state index is 0.0428. The first-order chi connectivity index (χ1) is 16.7. The highest BCUT2D eigenvalue weighted by atomic mass is 16.2. The lowest BCUT2D eigenvalue weighted by molar-refractivity contribution is -0.119. The lowest BCUT2D eigenvalue weighted by atomic mass is 9.79. The maximum absolute atomic E-state index is 13.4. The van der Waals surface area contributed by atoms with Crippen LogP contribution in [0.5, 0.6) is 0 Å². The second-order valence-electron chi connectivity index (χ2n) is 9.95. The summed E-state index contributed by atoms with van der Waals surface area (Å²) in [6.07, 6.45) is 8.97. The zero-order valence-electron chi connectivity index (χ0n) is 21.2. The molecular formula is C26H35N7O2. The Bertz CT molecular complexity index is 1150. The highest BCUT2D eigenvalue weighted by Crippen LogP contribution is 2.31. The molecule has 4 rings (SSSR count). The Morgan fingerprint density at radius 1 is 1.06 bits per heavy atom. The normalized spacial score (nSPS) is 18.9. The van der Waals surface area contributed by atoms with E-state index in [0.29, 0.717) is 17.3 Å². The SMILES string of the molecule is Cc1cnn(C)c1-c1ccc(NC(=O)C(NC(=O)c2ccnn2C(C)C)C2CCC(C)CC2)cn1. The Hall–Kier alpha value is -3.49. The molecule has 0 aliphatic heterocycles. The van der Waals surface area contributed by atoms with Gasteiger partial charge in [0.25, 0.3) is 5.91 Å². The number of aromatic nitrogens is 5. The van der Waals surface area contributed by atoms with E-state index < -0.39 is 6.04 Å². The number of nitrogens with one attached hydrogen (secondary N) is 2. The van der Waals surface area contributed by atoms with Gasteiger partial charge in [-0.25, -0.2) is 0 Å². The first-order valence-corrected chi connectivity index (χ1v) is 12.3. The zero-order valence-corrected chi connectivity index (χ0v) is 21.2. The number of hydrogen-bond donors (Lipinski definition) is 2. The van der Waals surface area contributed by atoms with Crippen LogP contribution in [0.1, 0.15) is 68.5 Å². The number of pyridine rings is 1. The van der Waals surface area contributed by atoms with Gasteiger partial charge in [0.1, 0.15) is 11.7 Å². The smallest absolute Gasteiger partial charge is 0.270 e. The molecule has 9 heteroatoms. The molecule has 1 saturated carbocycles. The van der Waals surface area contributed by atoms with Gasteiger partial charge in [0.05, 0.1) is 29.5 Å². The van der Waals surface area contributed by atoms with E-state index in [2.05, 4.69) is 32.7 Å². The van der Waals surface area contributed by atoms with E-state index in [4.69, 9.17) is 0 Å². The number of carbonyl (C=O) groups excluding carboxylic acids is 2. The van der Waals surface area contributed by atoms with Crippen molar-refractivity contribution in [3.63, 3.8) is 0 Å². The predicted octanol–water partition coefficient (Wildman–Crippen LogP) is 4.13. The number of rotatable bonds is 7. The fourth-order valence-electron chi connectivity index (χ4n) is 4.88. The van der Waals surface area contributed by atoms with Crippen molar-refractivity contribution in [3.8, 4) is 11.4 Å². The van der Waals surface area contributed by atoms with E-state index in [1.807, 2.05) is 40.0 Å². The van der Waals surface area contributed by atoms with Crippen LogP contribution in [0.4, 0.5) is 5.69 Å². The molecule has 1 aliphatic rings. The van der Waals surface area contributed by atoms with E-state index in [1.54, 1.807) is 34.0 Å². The van der Waals surface area contributed by atoms with Gasteiger partial charge in [0.2, 0.25) is 5.91 Å². The lowest BCUT2D eigenvalue weighted by Gasteiger charge is -2.32. The van der Waals surface area contributed by atoms with Crippen molar-refractivity contribution >= 4 is 17.5 Å². The molecule has 3 heterocycles. The Morgan fingerprint density at radius 2 is 1.80 bits per heavy atom. The van der Waals surface area contributed by atoms with Crippen LogP contribution in [0.25, 0.3) is 11.4 Å². The molecule has 0 radical (unpaired) electrons. The third-order valence-electron chi connectivity index (χ3n) is 6.89. The van der Waals surface area contributed by atoms with Crippen LogP contribution in [0.3, 0.4) is 0 Å². The second kappa shape index (κ2) is 10.4. The van der Waals surface area contributed by atoms with Crippen LogP contribution in [-0.2, 0) is 11.8 Å². The predicted molar refractivity (Wildman–Crippen MR) is 135 cm³/mol. The zero-order chi connectivity index (χ0) is 25.1. The molecule has 1 atom stereocenters. The molecule has 0 aromatic carbocycles. The first kappa shape index (κ1) is 24.6. The molecular weight excluding hydrogens is 442 g/mol.